The molecule has 2 N–H and O–H groups in total. The third-order valence-electron chi connectivity index (χ3n) is 3.98. The zero-order chi connectivity index (χ0) is 14.8. The van der Waals surface area contributed by atoms with Gasteiger partial charge in [-0.3, -0.25) is 9.59 Å². The molecule has 0 bridgehead atoms. The molecule has 1 unspecified atom stereocenters. The van der Waals surface area contributed by atoms with Crippen molar-refractivity contribution in [1.82, 2.24) is 9.88 Å². The van der Waals surface area contributed by atoms with Gasteiger partial charge in [-0.25, -0.2) is 0 Å². The van der Waals surface area contributed by atoms with Crippen LogP contribution in [0.15, 0.2) is 23.1 Å². The van der Waals surface area contributed by atoms with E-state index in [1.165, 1.54) is 6.07 Å². The summed E-state index contributed by atoms with van der Waals surface area (Å²) in [6.45, 7) is 7.58. The maximum absolute atomic E-state index is 12.4. The van der Waals surface area contributed by atoms with E-state index in [2.05, 4.69) is 24.5 Å². The van der Waals surface area contributed by atoms with Gasteiger partial charge in [0.25, 0.3) is 5.56 Å². The molecule has 110 valence electrons. The second kappa shape index (κ2) is 5.79. The molecule has 1 aromatic rings. The minimum atomic E-state index is -0.196. The fraction of sp³-hybridized carbons (Fsp3) is 0.600. The van der Waals surface area contributed by atoms with E-state index in [0.717, 1.165) is 19.4 Å². The van der Waals surface area contributed by atoms with Crippen LogP contribution in [0.4, 0.5) is 5.69 Å². The number of nitrogens with one attached hydrogen (secondary N) is 2. The SMILES string of the molecule is CCn1cc(NC(=O)C2NCCCC2(C)C)ccc1=O. The normalized spacial score (nSPS) is 21.4. The van der Waals surface area contributed by atoms with Gasteiger partial charge >= 0.3 is 0 Å². The molecule has 2 rings (SSSR count). The highest BCUT2D eigenvalue weighted by Gasteiger charge is 2.37. The van der Waals surface area contributed by atoms with Gasteiger partial charge in [0.15, 0.2) is 0 Å². The Hall–Kier alpha value is -1.62. The van der Waals surface area contributed by atoms with E-state index in [-0.39, 0.29) is 22.9 Å². The maximum atomic E-state index is 12.4. The molecule has 0 aromatic carbocycles. The highest BCUT2D eigenvalue weighted by Crippen LogP contribution is 2.30. The van der Waals surface area contributed by atoms with Gasteiger partial charge in [0.2, 0.25) is 5.91 Å². The van der Waals surface area contributed by atoms with E-state index < -0.39 is 0 Å². The Balaban J connectivity index is 2.13. The molecule has 0 aliphatic carbocycles. The predicted octanol–water partition coefficient (Wildman–Crippen LogP) is 1.58. The molecule has 20 heavy (non-hydrogen) atoms. The van der Waals surface area contributed by atoms with Gasteiger partial charge in [-0.15, -0.1) is 0 Å². The number of aryl methyl sites for hydroxylation is 1. The zero-order valence-corrected chi connectivity index (χ0v) is 12.4. The molecule has 0 radical (unpaired) electrons. The van der Waals surface area contributed by atoms with Crippen molar-refractivity contribution in [3.63, 3.8) is 0 Å². The number of aromatic nitrogens is 1. The van der Waals surface area contributed by atoms with Crippen molar-refractivity contribution in [2.45, 2.75) is 46.2 Å². The van der Waals surface area contributed by atoms with Gasteiger partial charge in [-0.1, -0.05) is 13.8 Å². The lowest BCUT2D eigenvalue weighted by atomic mass is 9.77. The fourth-order valence-corrected chi connectivity index (χ4v) is 2.73. The summed E-state index contributed by atoms with van der Waals surface area (Å²) in [4.78, 5) is 23.9. The van der Waals surface area contributed by atoms with Gasteiger partial charge in [0.05, 0.1) is 11.7 Å². The number of anilines is 1. The fourth-order valence-electron chi connectivity index (χ4n) is 2.73. The van der Waals surface area contributed by atoms with E-state index in [0.29, 0.717) is 12.2 Å². The molecule has 0 saturated carbocycles. The largest absolute Gasteiger partial charge is 0.323 e. The van der Waals surface area contributed by atoms with Crippen LogP contribution in [0, 0.1) is 5.41 Å². The van der Waals surface area contributed by atoms with Crippen molar-refractivity contribution in [2.24, 2.45) is 5.41 Å². The number of carbonyl (C=O) groups excluding carboxylic acids is 1. The Labute approximate surface area is 119 Å². The number of nitrogens with zero attached hydrogens (tertiary/aromatic N) is 1. The summed E-state index contributed by atoms with van der Waals surface area (Å²) >= 11 is 0. The summed E-state index contributed by atoms with van der Waals surface area (Å²) in [7, 11) is 0. The monoisotopic (exact) mass is 277 g/mol. The summed E-state index contributed by atoms with van der Waals surface area (Å²) in [5.74, 6) is -0.0315. The first-order valence-corrected chi connectivity index (χ1v) is 7.19. The zero-order valence-electron chi connectivity index (χ0n) is 12.4. The average molecular weight is 277 g/mol. The first kappa shape index (κ1) is 14.8. The molecule has 5 nitrogen and oxygen atoms in total. The minimum Gasteiger partial charge on any atom is -0.323 e. The molecule has 1 amide bonds. The number of hydrogen-bond acceptors (Lipinski definition) is 3. The standard InChI is InChI=1S/C15H23N3O2/c1-4-18-10-11(6-7-12(18)19)17-14(20)13-15(2,3)8-5-9-16-13/h6-7,10,13,16H,4-5,8-9H2,1-3H3,(H,17,20). The third kappa shape index (κ3) is 3.10. The molecule has 1 aliphatic rings. The van der Waals surface area contributed by atoms with Gasteiger partial charge < -0.3 is 15.2 Å². The molecule has 1 atom stereocenters. The van der Waals surface area contributed by atoms with E-state index in [1.54, 1.807) is 16.8 Å². The lowest BCUT2D eigenvalue weighted by molar-refractivity contribution is -0.121. The van der Waals surface area contributed by atoms with Crippen LogP contribution in [0.25, 0.3) is 0 Å². The smallest absolute Gasteiger partial charge is 0.250 e. The third-order valence-corrected chi connectivity index (χ3v) is 3.98. The van der Waals surface area contributed by atoms with Crippen LogP contribution in [0.3, 0.4) is 0 Å². The van der Waals surface area contributed by atoms with Crippen LogP contribution in [0.2, 0.25) is 0 Å². The van der Waals surface area contributed by atoms with Crippen LogP contribution < -0.4 is 16.2 Å². The lowest BCUT2D eigenvalue weighted by Crippen LogP contribution is -2.53. The number of rotatable bonds is 3. The Morgan fingerprint density at radius 3 is 2.90 bits per heavy atom. The Kier molecular flexibility index (Phi) is 4.28. The van der Waals surface area contributed by atoms with Crippen molar-refractivity contribution in [2.75, 3.05) is 11.9 Å². The lowest BCUT2D eigenvalue weighted by Gasteiger charge is -2.38. The average Bonchev–Trinajstić information content (AvgIpc) is 2.40. The summed E-state index contributed by atoms with van der Waals surface area (Å²) in [5, 5.41) is 6.20. The summed E-state index contributed by atoms with van der Waals surface area (Å²) in [5.41, 5.74) is 0.558. The quantitative estimate of drug-likeness (QED) is 0.882. The predicted molar refractivity (Wildman–Crippen MR) is 79.8 cm³/mol. The molecule has 1 fully saturated rings. The van der Waals surface area contributed by atoms with Gasteiger partial charge in [-0.2, -0.15) is 0 Å². The molecule has 5 heteroatoms. The van der Waals surface area contributed by atoms with Crippen LogP contribution in [0.5, 0.6) is 0 Å². The van der Waals surface area contributed by atoms with Crippen molar-refractivity contribution in [3.8, 4) is 0 Å². The Morgan fingerprint density at radius 2 is 2.25 bits per heavy atom. The second-order valence-electron chi connectivity index (χ2n) is 6.01. The number of carbonyl (C=O) groups is 1. The summed E-state index contributed by atoms with van der Waals surface area (Å²) < 4.78 is 1.58. The minimum absolute atomic E-state index is 0.0315. The number of piperidine rings is 1. The van der Waals surface area contributed by atoms with Gasteiger partial charge in [-0.05, 0) is 37.8 Å². The topological polar surface area (TPSA) is 63.1 Å². The van der Waals surface area contributed by atoms with Crippen molar-refractivity contribution < 1.29 is 4.79 Å². The van der Waals surface area contributed by atoms with Crippen LogP contribution in [0.1, 0.15) is 33.6 Å². The van der Waals surface area contributed by atoms with Crippen molar-refractivity contribution in [1.29, 1.82) is 0 Å². The molecule has 1 aromatic heterocycles. The van der Waals surface area contributed by atoms with Crippen molar-refractivity contribution >= 4 is 11.6 Å². The molecular formula is C15H23N3O2. The summed E-state index contributed by atoms with van der Waals surface area (Å²) in [6, 6.07) is 2.94. The van der Waals surface area contributed by atoms with E-state index >= 15 is 0 Å². The maximum Gasteiger partial charge on any atom is 0.250 e. The van der Waals surface area contributed by atoms with Gasteiger partial charge in [0.1, 0.15) is 0 Å². The molecule has 2 heterocycles. The summed E-state index contributed by atoms with van der Waals surface area (Å²) in [6.07, 6.45) is 3.82. The highest BCUT2D eigenvalue weighted by atomic mass is 16.2. The van der Waals surface area contributed by atoms with Gasteiger partial charge in [0, 0.05) is 18.8 Å². The highest BCUT2D eigenvalue weighted by molar-refractivity contribution is 5.95. The second-order valence-corrected chi connectivity index (χ2v) is 6.01. The molecule has 0 spiro atoms. The van der Waals surface area contributed by atoms with Crippen LogP contribution in [-0.2, 0) is 11.3 Å². The van der Waals surface area contributed by atoms with Crippen LogP contribution >= 0.6 is 0 Å². The molecular weight excluding hydrogens is 254 g/mol. The molecule has 1 aliphatic heterocycles. The number of hydrogen-bond donors (Lipinski definition) is 2. The molecule has 1 saturated heterocycles. The Bertz CT molecular complexity index is 548. The first-order chi connectivity index (χ1) is 9.44. The van der Waals surface area contributed by atoms with Crippen LogP contribution in [-0.4, -0.2) is 23.1 Å². The van der Waals surface area contributed by atoms with E-state index in [1.807, 2.05) is 6.92 Å². The van der Waals surface area contributed by atoms with Crippen molar-refractivity contribution in [3.05, 3.63) is 28.7 Å². The Morgan fingerprint density at radius 1 is 1.50 bits per heavy atom. The van der Waals surface area contributed by atoms with E-state index in [9.17, 15) is 9.59 Å². The first-order valence-electron chi connectivity index (χ1n) is 7.19. The number of pyridine rings is 1. The van der Waals surface area contributed by atoms with E-state index in [4.69, 9.17) is 0 Å². The number of amides is 1.